The van der Waals surface area contributed by atoms with Gasteiger partial charge in [0.25, 0.3) is 0 Å². The maximum absolute atomic E-state index is 11.6. The first-order valence-corrected chi connectivity index (χ1v) is 7.19. The van der Waals surface area contributed by atoms with E-state index in [1.54, 1.807) is 0 Å². The lowest BCUT2D eigenvalue weighted by Crippen LogP contribution is -2.34. The number of hydrogen-bond donors (Lipinski definition) is 1. The molecular weight excluding hydrogens is 294 g/mol. The van der Waals surface area contributed by atoms with Crippen molar-refractivity contribution >= 4 is 22.0 Å². The van der Waals surface area contributed by atoms with Gasteiger partial charge in [0.1, 0.15) is 5.60 Å². The van der Waals surface area contributed by atoms with Gasteiger partial charge in [0.15, 0.2) is 0 Å². The molecule has 1 amide bonds. The van der Waals surface area contributed by atoms with Crippen molar-refractivity contribution in [3.63, 3.8) is 0 Å². The summed E-state index contributed by atoms with van der Waals surface area (Å²) in [5, 5.41) is 2.93. The van der Waals surface area contributed by atoms with Gasteiger partial charge in [0.2, 0.25) is 0 Å². The number of hydrogen-bond acceptors (Lipinski definition) is 2. The molecule has 18 heavy (non-hydrogen) atoms. The highest BCUT2D eigenvalue weighted by atomic mass is 79.9. The first kappa shape index (κ1) is 13.7. The lowest BCUT2D eigenvalue weighted by Gasteiger charge is -2.20. The van der Waals surface area contributed by atoms with Crippen LogP contribution in [0.1, 0.15) is 40.0 Å². The molecule has 0 aromatic heterocycles. The smallest absolute Gasteiger partial charge is 0.407 e. The standard InChI is InChI=1S/C14H20BrNO2/c1-14(2,3)18-13(17)16-12-8-11(12)9-4-6-10(15)7-5-9/h4,6,11-12H,5,7-8H2,1-3H3,(H,16,17)/t11-,12+/m1/s1. The molecule has 0 saturated heterocycles. The number of alkyl carbamates (subject to hydrolysis) is 1. The van der Waals surface area contributed by atoms with Gasteiger partial charge in [0.05, 0.1) is 0 Å². The molecule has 1 fully saturated rings. The quantitative estimate of drug-likeness (QED) is 0.839. The van der Waals surface area contributed by atoms with Gasteiger partial charge in [0, 0.05) is 12.0 Å². The summed E-state index contributed by atoms with van der Waals surface area (Å²) < 4.78 is 6.51. The van der Waals surface area contributed by atoms with Crippen molar-refractivity contribution in [2.24, 2.45) is 5.92 Å². The SMILES string of the molecule is CC(C)(C)OC(=O)N[C@H]1C[C@@H]1C1=CC=C(Br)CC1. The van der Waals surface area contributed by atoms with E-state index >= 15 is 0 Å². The van der Waals surface area contributed by atoms with Gasteiger partial charge in [-0.2, -0.15) is 0 Å². The van der Waals surface area contributed by atoms with Gasteiger partial charge >= 0.3 is 6.09 Å². The number of nitrogens with one attached hydrogen (secondary N) is 1. The maximum Gasteiger partial charge on any atom is 0.407 e. The fourth-order valence-electron chi connectivity index (χ4n) is 2.16. The van der Waals surface area contributed by atoms with Gasteiger partial charge in [-0.05, 0) is 44.5 Å². The molecule has 0 radical (unpaired) electrons. The van der Waals surface area contributed by atoms with E-state index < -0.39 is 5.60 Å². The van der Waals surface area contributed by atoms with Gasteiger partial charge in [-0.3, -0.25) is 0 Å². The van der Waals surface area contributed by atoms with Crippen molar-refractivity contribution in [3.8, 4) is 0 Å². The fraction of sp³-hybridized carbons (Fsp3) is 0.643. The van der Waals surface area contributed by atoms with Gasteiger partial charge in [-0.25, -0.2) is 4.79 Å². The monoisotopic (exact) mass is 313 g/mol. The molecule has 2 atom stereocenters. The zero-order valence-corrected chi connectivity index (χ0v) is 12.7. The highest BCUT2D eigenvalue weighted by Gasteiger charge is 2.41. The zero-order chi connectivity index (χ0) is 13.3. The minimum Gasteiger partial charge on any atom is -0.444 e. The molecule has 2 aliphatic rings. The number of amides is 1. The van der Waals surface area contributed by atoms with Gasteiger partial charge in [-0.1, -0.05) is 33.7 Å². The van der Waals surface area contributed by atoms with Crippen LogP contribution in [0.15, 0.2) is 22.2 Å². The van der Waals surface area contributed by atoms with Crippen molar-refractivity contribution in [3.05, 3.63) is 22.2 Å². The number of carbonyl (C=O) groups is 1. The summed E-state index contributed by atoms with van der Waals surface area (Å²) in [6.07, 6.45) is 7.19. The van der Waals surface area contributed by atoms with Crippen LogP contribution in [-0.2, 0) is 4.74 Å². The van der Waals surface area contributed by atoms with Crippen LogP contribution < -0.4 is 5.32 Å². The van der Waals surface area contributed by atoms with E-state index in [1.807, 2.05) is 20.8 Å². The number of carbonyl (C=O) groups excluding carboxylic acids is 1. The molecule has 1 N–H and O–H groups in total. The van der Waals surface area contributed by atoms with E-state index in [4.69, 9.17) is 4.74 Å². The third-order valence-corrected chi connectivity index (χ3v) is 3.76. The molecule has 0 heterocycles. The summed E-state index contributed by atoms with van der Waals surface area (Å²) in [4.78, 5) is 11.6. The predicted octanol–water partition coefficient (Wildman–Crippen LogP) is 3.90. The third-order valence-electron chi connectivity index (χ3n) is 3.10. The van der Waals surface area contributed by atoms with E-state index in [-0.39, 0.29) is 12.1 Å². The van der Waals surface area contributed by atoms with Crippen LogP contribution in [0.4, 0.5) is 4.79 Å². The fourth-order valence-corrected chi connectivity index (χ4v) is 2.49. The summed E-state index contributed by atoms with van der Waals surface area (Å²) >= 11 is 3.50. The van der Waals surface area contributed by atoms with Crippen molar-refractivity contribution in [2.45, 2.75) is 51.7 Å². The summed E-state index contributed by atoms with van der Waals surface area (Å²) in [5.74, 6) is 0.509. The normalized spacial score (nSPS) is 27.1. The van der Waals surface area contributed by atoms with E-state index in [0.717, 1.165) is 19.3 Å². The second-order valence-electron chi connectivity index (χ2n) is 5.95. The first-order valence-electron chi connectivity index (χ1n) is 6.40. The molecule has 0 aliphatic heterocycles. The predicted molar refractivity (Wildman–Crippen MR) is 75.6 cm³/mol. The largest absolute Gasteiger partial charge is 0.444 e. The molecule has 2 rings (SSSR count). The summed E-state index contributed by atoms with van der Waals surface area (Å²) in [7, 11) is 0. The van der Waals surface area contributed by atoms with Gasteiger partial charge in [-0.15, -0.1) is 0 Å². The minimum absolute atomic E-state index is 0.261. The van der Waals surface area contributed by atoms with Crippen LogP contribution in [0.3, 0.4) is 0 Å². The Kier molecular flexibility index (Phi) is 3.85. The summed E-state index contributed by atoms with van der Waals surface area (Å²) in [6.45, 7) is 5.63. The molecule has 0 aromatic rings. The first-order chi connectivity index (χ1) is 8.35. The van der Waals surface area contributed by atoms with Crippen LogP contribution in [0.2, 0.25) is 0 Å². The van der Waals surface area contributed by atoms with E-state index in [1.165, 1.54) is 10.1 Å². The Morgan fingerprint density at radius 1 is 1.39 bits per heavy atom. The van der Waals surface area contributed by atoms with Crippen molar-refractivity contribution in [2.75, 3.05) is 0 Å². The molecule has 2 aliphatic carbocycles. The highest BCUT2D eigenvalue weighted by Crippen LogP contribution is 2.41. The lowest BCUT2D eigenvalue weighted by molar-refractivity contribution is 0.0522. The Labute approximate surface area is 117 Å². The molecular formula is C14H20BrNO2. The number of allylic oxidation sites excluding steroid dienone is 3. The molecule has 0 bridgehead atoms. The van der Waals surface area contributed by atoms with E-state index in [0.29, 0.717) is 5.92 Å². The Balaban J connectivity index is 1.80. The number of halogens is 1. The minimum atomic E-state index is -0.424. The second kappa shape index (κ2) is 5.08. The lowest BCUT2D eigenvalue weighted by atomic mass is 10.0. The topological polar surface area (TPSA) is 38.3 Å². The average molecular weight is 314 g/mol. The molecule has 3 nitrogen and oxygen atoms in total. The van der Waals surface area contributed by atoms with Crippen LogP contribution in [0.5, 0.6) is 0 Å². The van der Waals surface area contributed by atoms with Crippen molar-refractivity contribution < 1.29 is 9.53 Å². The highest BCUT2D eigenvalue weighted by molar-refractivity contribution is 9.11. The summed E-state index contributed by atoms with van der Waals surface area (Å²) in [5.41, 5.74) is 1.02. The molecule has 0 spiro atoms. The Morgan fingerprint density at radius 2 is 2.11 bits per heavy atom. The van der Waals surface area contributed by atoms with Crippen LogP contribution in [0.25, 0.3) is 0 Å². The molecule has 0 aromatic carbocycles. The van der Waals surface area contributed by atoms with Gasteiger partial charge < -0.3 is 10.1 Å². The summed E-state index contributed by atoms with van der Waals surface area (Å²) in [6, 6.07) is 0.261. The average Bonchev–Trinajstić information content (AvgIpc) is 2.95. The number of ether oxygens (including phenoxy) is 1. The van der Waals surface area contributed by atoms with Crippen molar-refractivity contribution in [1.82, 2.24) is 5.32 Å². The zero-order valence-electron chi connectivity index (χ0n) is 11.1. The van der Waals surface area contributed by atoms with E-state index in [9.17, 15) is 4.79 Å². The molecule has 4 heteroatoms. The number of rotatable bonds is 2. The van der Waals surface area contributed by atoms with E-state index in [2.05, 4.69) is 33.4 Å². The van der Waals surface area contributed by atoms with Crippen molar-refractivity contribution in [1.29, 1.82) is 0 Å². The maximum atomic E-state index is 11.6. The van der Waals surface area contributed by atoms with Crippen LogP contribution in [-0.4, -0.2) is 17.7 Å². The molecule has 100 valence electrons. The van der Waals surface area contributed by atoms with Crippen LogP contribution >= 0.6 is 15.9 Å². The third kappa shape index (κ3) is 3.87. The Morgan fingerprint density at radius 3 is 2.67 bits per heavy atom. The molecule has 0 unspecified atom stereocenters. The second-order valence-corrected chi connectivity index (χ2v) is 6.97. The Hall–Kier alpha value is -0.770. The Bertz CT molecular complexity index is 407. The van der Waals surface area contributed by atoms with Crippen LogP contribution in [0, 0.1) is 5.92 Å². The molecule has 1 saturated carbocycles.